The first kappa shape index (κ1) is 12.5. The first-order chi connectivity index (χ1) is 6.91. The second-order valence-corrected chi connectivity index (χ2v) is 5.83. The predicted molar refractivity (Wildman–Crippen MR) is 63.7 cm³/mol. The van der Waals surface area contributed by atoms with Crippen LogP contribution >= 0.6 is 22.9 Å². The molecule has 0 fully saturated rings. The third-order valence-electron chi connectivity index (χ3n) is 2.35. The molecule has 0 aromatic carbocycles. The van der Waals surface area contributed by atoms with Gasteiger partial charge in [0, 0.05) is 4.88 Å². The van der Waals surface area contributed by atoms with Crippen LogP contribution in [0.1, 0.15) is 31.6 Å². The van der Waals surface area contributed by atoms with Gasteiger partial charge in [0.25, 0.3) is 0 Å². The van der Waals surface area contributed by atoms with E-state index in [9.17, 15) is 4.79 Å². The minimum atomic E-state index is -0.739. The van der Waals surface area contributed by atoms with Gasteiger partial charge in [-0.3, -0.25) is 4.79 Å². The van der Waals surface area contributed by atoms with Crippen molar-refractivity contribution in [3.05, 3.63) is 21.3 Å². The molecule has 15 heavy (non-hydrogen) atoms. The van der Waals surface area contributed by atoms with Gasteiger partial charge < -0.3 is 5.11 Å². The first-order valence-electron chi connectivity index (χ1n) is 4.84. The molecular weight excluding hydrogens is 232 g/mol. The van der Waals surface area contributed by atoms with Gasteiger partial charge in [0.2, 0.25) is 0 Å². The number of carboxylic acids is 1. The molecule has 0 atom stereocenters. The fourth-order valence-corrected chi connectivity index (χ4v) is 2.59. The summed E-state index contributed by atoms with van der Waals surface area (Å²) < 4.78 is 0. The van der Waals surface area contributed by atoms with Crippen molar-refractivity contribution in [3.8, 4) is 0 Å². The summed E-state index contributed by atoms with van der Waals surface area (Å²) in [5, 5.41) is 11.5. The van der Waals surface area contributed by atoms with E-state index >= 15 is 0 Å². The summed E-state index contributed by atoms with van der Waals surface area (Å²) in [5.41, 5.74) is -0.168. The van der Waals surface area contributed by atoms with Crippen molar-refractivity contribution >= 4 is 28.9 Å². The minimum absolute atomic E-state index is 0.168. The summed E-state index contributed by atoms with van der Waals surface area (Å²) in [6, 6.07) is 1.88. The van der Waals surface area contributed by atoms with Gasteiger partial charge in [0.15, 0.2) is 0 Å². The zero-order chi connectivity index (χ0) is 11.5. The molecular formula is C11H15ClO2S. The van der Waals surface area contributed by atoms with E-state index in [1.807, 2.05) is 25.3 Å². The summed E-state index contributed by atoms with van der Waals surface area (Å²) >= 11 is 7.60. The van der Waals surface area contributed by atoms with Gasteiger partial charge >= 0.3 is 5.97 Å². The zero-order valence-corrected chi connectivity index (χ0v) is 10.5. The molecule has 0 aliphatic carbocycles. The topological polar surface area (TPSA) is 37.3 Å². The van der Waals surface area contributed by atoms with E-state index < -0.39 is 5.97 Å². The number of aryl methyl sites for hydroxylation is 1. The molecule has 0 spiro atoms. The van der Waals surface area contributed by atoms with Crippen molar-refractivity contribution in [2.75, 3.05) is 0 Å². The maximum absolute atomic E-state index is 10.6. The van der Waals surface area contributed by atoms with Crippen LogP contribution in [0.4, 0.5) is 0 Å². The normalized spacial score (nSPS) is 11.7. The molecule has 0 unspecified atom stereocenters. The lowest BCUT2D eigenvalue weighted by Gasteiger charge is -2.21. The number of aliphatic carboxylic acids is 1. The molecule has 0 bridgehead atoms. The van der Waals surface area contributed by atoms with Crippen LogP contribution in [0.25, 0.3) is 0 Å². The van der Waals surface area contributed by atoms with E-state index in [2.05, 4.69) is 0 Å². The van der Waals surface area contributed by atoms with Gasteiger partial charge in [-0.1, -0.05) is 25.4 Å². The third-order valence-corrected chi connectivity index (χ3v) is 3.80. The lowest BCUT2D eigenvalue weighted by molar-refractivity contribution is -0.139. The Morgan fingerprint density at radius 3 is 2.73 bits per heavy atom. The van der Waals surface area contributed by atoms with Crippen LogP contribution in [0.3, 0.4) is 0 Å². The number of hydrogen-bond donors (Lipinski definition) is 1. The van der Waals surface area contributed by atoms with E-state index in [4.69, 9.17) is 16.7 Å². The zero-order valence-electron chi connectivity index (χ0n) is 8.92. The van der Waals surface area contributed by atoms with Crippen LogP contribution in [0.2, 0.25) is 5.02 Å². The highest BCUT2D eigenvalue weighted by atomic mass is 35.5. The lowest BCUT2D eigenvalue weighted by atomic mass is 9.84. The van der Waals surface area contributed by atoms with Crippen molar-refractivity contribution in [1.82, 2.24) is 0 Å². The van der Waals surface area contributed by atoms with Crippen LogP contribution in [-0.2, 0) is 11.2 Å². The van der Waals surface area contributed by atoms with Crippen LogP contribution in [0.5, 0.6) is 0 Å². The number of thiophene rings is 1. The van der Waals surface area contributed by atoms with Crippen molar-refractivity contribution in [2.24, 2.45) is 5.41 Å². The van der Waals surface area contributed by atoms with Crippen LogP contribution in [0, 0.1) is 5.41 Å². The number of carboxylic acid groups (broad SMARTS) is 1. The summed E-state index contributed by atoms with van der Waals surface area (Å²) in [4.78, 5) is 11.8. The number of hydrogen-bond acceptors (Lipinski definition) is 2. The van der Waals surface area contributed by atoms with Crippen molar-refractivity contribution in [1.29, 1.82) is 0 Å². The molecule has 0 aliphatic heterocycles. The Labute approximate surface area is 98.9 Å². The molecule has 4 heteroatoms. The van der Waals surface area contributed by atoms with E-state index in [0.29, 0.717) is 0 Å². The molecule has 0 amide bonds. The minimum Gasteiger partial charge on any atom is -0.481 e. The van der Waals surface area contributed by atoms with E-state index in [1.165, 1.54) is 0 Å². The molecule has 0 radical (unpaired) electrons. The fraction of sp³-hybridized carbons (Fsp3) is 0.545. The van der Waals surface area contributed by atoms with E-state index in [1.54, 1.807) is 11.3 Å². The Morgan fingerprint density at radius 2 is 2.27 bits per heavy atom. The van der Waals surface area contributed by atoms with Crippen LogP contribution < -0.4 is 0 Å². The highest BCUT2D eigenvalue weighted by Crippen LogP contribution is 2.30. The van der Waals surface area contributed by atoms with Crippen molar-refractivity contribution < 1.29 is 9.90 Å². The van der Waals surface area contributed by atoms with E-state index in [-0.39, 0.29) is 11.8 Å². The third kappa shape index (κ3) is 4.22. The SMILES string of the molecule is CC(C)(CCc1sccc1Cl)CC(=O)O. The average Bonchev–Trinajstić information content (AvgIpc) is 2.45. The highest BCUT2D eigenvalue weighted by molar-refractivity contribution is 7.10. The van der Waals surface area contributed by atoms with Crippen LogP contribution in [-0.4, -0.2) is 11.1 Å². The molecule has 1 heterocycles. The monoisotopic (exact) mass is 246 g/mol. The second kappa shape index (κ2) is 4.99. The summed E-state index contributed by atoms with van der Waals surface area (Å²) in [6.45, 7) is 3.95. The molecule has 1 N–H and O–H groups in total. The van der Waals surface area contributed by atoms with Gasteiger partial charge in [-0.25, -0.2) is 0 Å². The Morgan fingerprint density at radius 1 is 1.60 bits per heavy atom. The number of halogens is 1. The van der Waals surface area contributed by atoms with Gasteiger partial charge in [0.05, 0.1) is 11.4 Å². The van der Waals surface area contributed by atoms with Gasteiger partial charge in [-0.2, -0.15) is 0 Å². The van der Waals surface area contributed by atoms with Gasteiger partial charge in [-0.05, 0) is 29.7 Å². The fourth-order valence-electron chi connectivity index (χ4n) is 1.45. The predicted octanol–water partition coefficient (Wildman–Crippen LogP) is 3.84. The average molecular weight is 247 g/mol. The first-order valence-corrected chi connectivity index (χ1v) is 6.10. The van der Waals surface area contributed by atoms with E-state index in [0.717, 1.165) is 22.7 Å². The smallest absolute Gasteiger partial charge is 0.303 e. The number of rotatable bonds is 5. The molecule has 1 aromatic rings. The lowest BCUT2D eigenvalue weighted by Crippen LogP contribution is -2.17. The molecule has 0 aliphatic rings. The van der Waals surface area contributed by atoms with Crippen molar-refractivity contribution in [3.63, 3.8) is 0 Å². The Balaban J connectivity index is 2.49. The summed E-state index contributed by atoms with van der Waals surface area (Å²) in [6.07, 6.45) is 1.91. The molecule has 1 aromatic heterocycles. The Hall–Kier alpha value is -0.540. The molecule has 0 saturated carbocycles. The maximum Gasteiger partial charge on any atom is 0.303 e. The van der Waals surface area contributed by atoms with Gasteiger partial charge in [-0.15, -0.1) is 11.3 Å². The Kier molecular flexibility index (Phi) is 4.17. The Bertz CT molecular complexity index is 344. The van der Waals surface area contributed by atoms with Crippen molar-refractivity contribution in [2.45, 2.75) is 33.1 Å². The molecule has 0 saturated heterocycles. The largest absolute Gasteiger partial charge is 0.481 e. The molecule has 84 valence electrons. The highest BCUT2D eigenvalue weighted by Gasteiger charge is 2.22. The standard InChI is InChI=1S/C11H15ClO2S/c1-11(2,7-10(13)14)5-3-9-8(12)4-6-15-9/h4,6H,3,5,7H2,1-2H3,(H,13,14). The quantitative estimate of drug-likeness (QED) is 0.857. The second-order valence-electron chi connectivity index (χ2n) is 4.43. The molecule has 1 rings (SSSR count). The molecule has 2 nitrogen and oxygen atoms in total. The maximum atomic E-state index is 10.6. The number of carbonyl (C=O) groups is 1. The van der Waals surface area contributed by atoms with Gasteiger partial charge in [0.1, 0.15) is 0 Å². The van der Waals surface area contributed by atoms with Crippen LogP contribution in [0.15, 0.2) is 11.4 Å². The summed E-state index contributed by atoms with van der Waals surface area (Å²) in [5.74, 6) is -0.739. The summed E-state index contributed by atoms with van der Waals surface area (Å²) in [7, 11) is 0.